The molecule has 0 aliphatic rings. The molecule has 0 aromatic heterocycles. The summed E-state index contributed by atoms with van der Waals surface area (Å²) in [5.74, 6) is 0.204. The standard InChI is InChI=1S/C27H46N2O4/c1-24(2,3)21(33-22(30)25(4,5)6)19-14-16-20(17-15-19)32-23(31)29(13)27(9,10)18-26(7,8)28(11)12/h14-17,21H,18H2,1-13H3. The average molecular weight is 463 g/mol. The van der Waals surface area contributed by atoms with Crippen LogP contribution in [0.1, 0.15) is 87.3 Å². The molecule has 1 rings (SSSR count). The molecule has 0 fully saturated rings. The van der Waals surface area contributed by atoms with E-state index >= 15 is 0 Å². The van der Waals surface area contributed by atoms with Crippen LogP contribution in [0.5, 0.6) is 5.75 Å². The molecule has 0 radical (unpaired) electrons. The van der Waals surface area contributed by atoms with E-state index in [0.29, 0.717) is 5.75 Å². The monoisotopic (exact) mass is 462 g/mol. The lowest BCUT2D eigenvalue weighted by atomic mass is 9.84. The highest BCUT2D eigenvalue weighted by Gasteiger charge is 2.37. The summed E-state index contributed by atoms with van der Waals surface area (Å²) < 4.78 is 11.5. The molecule has 0 spiro atoms. The number of rotatable bonds is 7. The second kappa shape index (κ2) is 10.0. The Morgan fingerprint density at radius 1 is 0.818 bits per heavy atom. The Balaban J connectivity index is 2.99. The molecule has 0 heterocycles. The van der Waals surface area contributed by atoms with E-state index in [1.54, 1.807) is 24.1 Å². The van der Waals surface area contributed by atoms with E-state index in [9.17, 15) is 9.59 Å². The number of carbonyl (C=O) groups excluding carboxylic acids is 2. The Morgan fingerprint density at radius 2 is 1.30 bits per heavy atom. The number of esters is 1. The van der Waals surface area contributed by atoms with Gasteiger partial charge in [0.05, 0.1) is 5.41 Å². The molecular formula is C27H46N2O4. The van der Waals surface area contributed by atoms with Crippen LogP contribution < -0.4 is 4.74 Å². The highest BCUT2D eigenvalue weighted by molar-refractivity contribution is 5.75. The summed E-state index contributed by atoms with van der Waals surface area (Å²) in [6.07, 6.45) is -0.0399. The van der Waals surface area contributed by atoms with Crippen molar-refractivity contribution in [2.45, 2.75) is 92.8 Å². The van der Waals surface area contributed by atoms with Crippen molar-refractivity contribution in [1.29, 1.82) is 0 Å². The molecule has 6 heteroatoms. The van der Waals surface area contributed by atoms with Crippen molar-refractivity contribution in [3.63, 3.8) is 0 Å². The molecule has 0 N–H and O–H groups in total. The Morgan fingerprint density at radius 3 is 1.70 bits per heavy atom. The predicted molar refractivity (Wildman–Crippen MR) is 134 cm³/mol. The molecule has 1 unspecified atom stereocenters. The van der Waals surface area contributed by atoms with Crippen molar-refractivity contribution in [3.8, 4) is 5.75 Å². The summed E-state index contributed by atoms with van der Waals surface area (Å²) in [6.45, 7) is 20.0. The van der Waals surface area contributed by atoms with Gasteiger partial charge in [-0.25, -0.2) is 4.79 Å². The fourth-order valence-corrected chi connectivity index (χ4v) is 3.49. The summed E-state index contributed by atoms with van der Waals surface area (Å²) in [7, 11) is 5.85. The highest BCUT2D eigenvalue weighted by atomic mass is 16.6. The van der Waals surface area contributed by atoms with E-state index in [-0.39, 0.29) is 16.9 Å². The van der Waals surface area contributed by atoms with Gasteiger partial charge in [-0.15, -0.1) is 0 Å². The maximum atomic E-state index is 12.9. The van der Waals surface area contributed by atoms with Crippen molar-refractivity contribution < 1.29 is 19.1 Å². The first kappa shape index (κ1) is 29.0. The molecule has 1 aromatic carbocycles. The number of amides is 1. The molecule has 6 nitrogen and oxygen atoms in total. The van der Waals surface area contributed by atoms with Gasteiger partial charge in [-0.1, -0.05) is 32.9 Å². The number of carbonyl (C=O) groups is 2. The van der Waals surface area contributed by atoms with Gasteiger partial charge in [-0.3, -0.25) is 4.79 Å². The van der Waals surface area contributed by atoms with Gasteiger partial charge < -0.3 is 19.3 Å². The first-order chi connectivity index (χ1) is 14.7. The fraction of sp³-hybridized carbons (Fsp3) is 0.704. The Labute approximate surface area is 201 Å². The number of ether oxygens (including phenoxy) is 2. The van der Waals surface area contributed by atoms with Gasteiger partial charge in [0.1, 0.15) is 11.9 Å². The molecule has 0 bridgehead atoms. The fourth-order valence-electron chi connectivity index (χ4n) is 3.49. The number of nitrogens with zero attached hydrogens (tertiary/aromatic N) is 2. The van der Waals surface area contributed by atoms with Crippen LogP contribution in [0.25, 0.3) is 0 Å². The molecule has 188 valence electrons. The first-order valence-electron chi connectivity index (χ1n) is 11.6. The quantitative estimate of drug-likeness (QED) is 0.445. The zero-order valence-corrected chi connectivity index (χ0v) is 23.1. The molecule has 0 aliphatic carbocycles. The summed E-state index contributed by atoms with van der Waals surface area (Å²) in [5, 5.41) is 0. The van der Waals surface area contributed by atoms with Gasteiger partial charge in [-0.2, -0.15) is 0 Å². The van der Waals surface area contributed by atoms with Crippen molar-refractivity contribution in [3.05, 3.63) is 29.8 Å². The van der Waals surface area contributed by atoms with Gasteiger partial charge >= 0.3 is 12.1 Å². The topological polar surface area (TPSA) is 59.1 Å². The molecule has 33 heavy (non-hydrogen) atoms. The molecule has 0 saturated carbocycles. The number of hydrogen-bond donors (Lipinski definition) is 0. The minimum atomic E-state index is -0.586. The molecular weight excluding hydrogens is 416 g/mol. The molecule has 1 aromatic rings. The third-order valence-corrected chi connectivity index (χ3v) is 6.27. The third-order valence-electron chi connectivity index (χ3n) is 6.27. The lowest BCUT2D eigenvalue weighted by Crippen LogP contribution is -2.53. The molecule has 1 atom stereocenters. The van der Waals surface area contributed by atoms with Gasteiger partial charge in [0.15, 0.2) is 0 Å². The largest absolute Gasteiger partial charge is 0.457 e. The molecule has 0 aliphatic heterocycles. The van der Waals surface area contributed by atoms with Crippen LogP contribution in [-0.4, -0.2) is 54.1 Å². The van der Waals surface area contributed by atoms with Crippen LogP contribution in [0.3, 0.4) is 0 Å². The minimum Gasteiger partial charge on any atom is -0.457 e. The van der Waals surface area contributed by atoms with Crippen LogP contribution in [-0.2, 0) is 9.53 Å². The Bertz CT molecular complexity index is 812. The number of hydrogen-bond acceptors (Lipinski definition) is 5. The zero-order valence-electron chi connectivity index (χ0n) is 23.1. The smallest absolute Gasteiger partial charge is 0.415 e. The van der Waals surface area contributed by atoms with Crippen LogP contribution in [0.4, 0.5) is 4.79 Å². The van der Waals surface area contributed by atoms with Gasteiger partial charge in [0.25, 0.3) is 0 Å². The summed E-state index contributed by atoms with van der Waals surface area (Å²) >= 11 is 0. The predicted octanol–water partition coefficient (Wildman–Crippen LogP) is 6.30. The molecule has 0 saturated heterocycles. The van der Waals surface area contributed by atoms with Crippen LogP contribution in [0.2, 0.25) is 0 Å². The second-order valence-corrected chi connectivity index (χ2v) is 12.6. The van der Waals surface area contributed by atoms with Crippen molar-refractivity contribution >= 4 is 12.1 Å². The van der Waals surface area contributed by atoms with E-state index in [1.807, 2.05) is 81.6 Å². The minimum absolute atomic E-state index is 0.0772. The molecule has 1 amide bonds. The first-order valence-corrected chi connectivity index (χ1v) is 11.6. The van der Waals surface area contributed by atoms with Crippen molar-refractivity contribution in [2.75, 3.05) is 21.1 Å². The van der Waals surface area contributed by atoms with E-state index in [4.69, 9.17) is 9.47 Å². The van der Waals surface area contributed by atoms with Gasteiger partial charge in [0.2, 0.25) is 0 Å². The highest BCUT2D eigenvalue weighted by Crippen LogP contribution is 2.38. The van der Waals surface area contributed by atoms with Crippen LogP contribution in [0.15, 0.2) is 24.3 Å². The summed E-state index contributed by atoms with van der Waals surface area (Å²) in [5.41, 5.74) is -0.489. The maximum Gasteiger partial charge on any atom is 0.415 e. The normalized spacial score (nSPS) is 14.1. The second-order valence-electron chi connectivity index (χ2n) is 12.6. The van der Waals surface area contributed by atoms with Gasteiger partial charge in [-0.05, 0) is 86.7 Å². The number of benzene rings is 1. The zero-order chi connectivity index (χ0) is 26.0. The average Bonchev–Trinajstić information content (AvgIpc) is 2.63. The van der Waals surface area contributed by atoms with Crippen molar-refractivity contribution in [2.24, 2.45) is 10.8 Å². The van der Waals surface area contributed by atoms with Gasteiger partial charge in [0, 0.05) is 23.5 Å². The van der Waals surface area contributed by atoms with E-state index in [1.165, 1.54) is 0 Å². The van der Waals surface area contributed by atoms with Crippen molar-refractivity contribution in [1.82, 2.24) is 9.80 Å². The lowest BCUT2D eigenvalue weighted by Gasteiger charge is -2.43. The van der Waals surface area contributed by atoms with E-state index in [2.05, 4.69) is 18.7 Å². The third kappa shape index (κ3) is 8.02. The van der Waals surface area contributed by atoms with E-state index < -0.39 is 23.2 Å². The van der Waals surface area contributed by atoms with Crippen LogP contribution >= 0.6 is 0 Å². The SMILES string of the molecule is CN(C)C(C)(C)CC(C)(C)N(C)C(=O)Oc1ccc(C(OC(=O)C(C)(C)C)C(C)(C)C)cc1. The Hall–Kier alpha value is -2.08. The van der Waals surface area contributed by atoms with Crippen LogP contribution in [0, 0.1) is 10.8 Å². The maximum absolute atomic E-state index is 12.9. The summed E-state index contributed by atoms with van der Waals surface area (Å²) in [4.78, 5) is 29.2. The lowest BCUT2D eigenvalue weighted by molar-refractivity contribution is -0.165. The summed E-state index contributed by atoms with van der Waals surface area (Å²) in [6, 6.07) is 7.21. The van der Waals surface area contributed by atoms with E-state index in [0.717, 1.165) is 12.0 Å². The Kier molecular flexibility index (Phi) is 8.81.